The highest BCUT2D eigenvalue weighted by Crippen LogP contribution is 2.39. The summed E-state index contributed by atoms with van der Waals surface area (Å²) in [6, 6.07) is 41.6. The molecule has 3 heteroatoms. The third kappa shape index (κ3) is 6.31. The fourth-order valence-electron chi connectivity index (χ4n) is 6.62. The van der Waals surface area contributed by atoms with E-state index in [4.69, 9.17) is 4.42 Å². The number of hydrogen-bond donors (Lipinski definition) is 0. The maximum atomic E-state index is 12.8. The first-order chi connectivity index (χ1) is 23.8. The van der Waals surface area contributed by atoms with Crippen molar-refractivity contribution in [1.82, 2.24) is 0 Å². The van der Waals surface area contributed by atoms with Crippen LogP contribution in [0.4, 0.5) is 0 Å². The van der Waals surface area contributed by atoms with Crippen LogP contribution >= 0.6 is 0 Å². The molecule has 0 saturated heterocycles. The predicted octanol–water partition coefficient (Wildman–Crippen LogP) is 11.2. The van der Waals surface area contributed by atoms with Crippen molar-refractivity contribution < 1.29 is 14.0 Å². The molecule has 49 heavy (non-hydrogen) atoms. The lowest BCUT2D eigenvalue weighted by molar-refractivity contribution is -0.113. The summed E-state index contributed by atoms with van der Waals surface area (Å²) in [5, 5.41) is 0. The zero-order chi connectivity index (χ0) is 34.1. The molecule has 2 aliphatic carbocycles. The van der Waals surface area contributed by atoms with Crippen molar-refractivity contribution in [3.63, 3.8) is 0 Å². The second kappa shape index (κ2) is 13.2. The van der Waals surface area contributed by atoms with Gasteiger partial charge in [-0.2, -0.15) is 0 Å². The third-order valence-corrected chi connectivity index (χ3v) is 9.16. The Kier molecular flexibility index (Phi) is 8.50. The Morgan fingerprint density at radius 1 is 0.388 bits per heavy atom. The molecule has 5 aromatic rings. The van der Waals surface area contributed by atoms with Crippen molar-refractivity contribution in [2.45, 2.75) is 27.7 Å². The fourth-order valence-corrected chi connectivity index (χ4v) is 6.62. The van der Waals surface area contributed by atoms with E-state index in [1.165, 1.54) is 0 Å². The van der Waals surface area contributed by atoms with Crippen LogP contribution in [0.25, 0.3) is 33.4 Å². The van der Waals surface area contributed by atoms with Crippen LogP contribution < -0.4 is 0 Å². The first-order valence-corrected chi connectivity index (χ1v) is 16.5. The highest BCUT2D eigenvalue weighted by Gasteiger charge is 2.23. The van der Waals surface area contributed by atoms with Gasteiger partial charge in [0, 0.05) is 11.1 Å². The van der Waals surface area contributed by atoms with Gasteiger partial charge in [-0.25, -0.2) is 0 Å². The van der Waals surface area contributed by atoms with Gasteiger partial charge in [0.1, 0.15) is 11.5 Å². The van der Waals surface area contributed by atoms with Gasteiger partial charge in [0.05, 0.1) is 0 Å². The lowest BCUT2D eigenvalue weighted by atomic mass is 9.88. The van der Waals surface area contributed by atoms with Gasteiger partial charge in [-0.1, -0.05) is 109 Å². The monoisotopic (exact) mass is 636 g/mol. The molecule has 0 aliphatic heterocycles. The third-order valence-electron chi connectivity index (χ3n) is 9.16. The molecular weight excluding hydrogens is 601 g/mol. The van der Waals surface area contributed by atoms with E-state index in [1.54, 1.807) is 0 Å². The van der Waals surface area contributed by atoms with Crippen LogP contribution in [0, 0.1) is 0 Å². The molecule has 0 N–H and O–H groups in total. The number of hydrogen-bond acceptors (Lipinski definition) is 3. The standard InChI is InChI=1S/C46H36O3/c1-29-25-39(26-30(2)45(29)47)43(37-19-15-35(16-20-37)33-11-7-5-8-12-33)41-23-24-42(49-41)44(40-27-31(3)46(48)32(4)28-40)38-21-17-36(18-22-38)34-13-9-6-10-14-34/h5-28H,1-4H3. The van der Waals surface area contributed by atoms with Crippen molar-refractivity contribution in [2.75, 3.05) is 0 Å². The van der Waals surface area contributed by atoms with Gasteiger partial charge in [0.25, 0.3) is 0 Å². The van der Waals surface area contributed by atoms with Crippen molar-refractivity contribution in [3.05, 3.63) is 202 Å². The number of benzene rings is 4. The van der Waals surface area contributed by atoms with E-state index in [1.807, 2.05) is 101 Å². The van der Waals surface area contributed by atoms with E-state index in [-0.39, 0.29) is 11.6 Å². The second-order valence-electron chi connectivity index (χ2n) is 12.7. The first kappa shape index (κ1) is 31.5. The van der Waals surface area contributed by atoms with Gasteiger partial charge in [0.15, 0.2) is 11.6 Å². The minimum absolute atomic E-state index is 0.0461. The summed E-state index contributed by atoms with van der Waals surface area (Å²) >= 11 is 0. The number of allylic oxidation sites excluding steroid dienone is 10. The van der Waals surface area contributed by atoms with E-state index in [2.05, 4.69) is 72.8 Å². The van der Waals surface area contributed by atoms with Crippen LogP contribution in [-0.4, -0.2) is 11.6 Å². The normalized spacial score (nSPS) is 14.6. The molecule has 0 unspecified atom stereocenters. The van der Waals surface area contributed by atoms with Crippen LogP contribution in [0.5, 0.6) is 0 Å². The Bertz CT molecular complexity index is 2070. The minimum atomic E-state index is 0.0461. The molecule has 0 saturated carbocycles. The first-order valence-electron chi connectivity index (χ1n) is 16.5. The Hall–Kier alpha value is -6.06. The summed E-state index contributed by atoms with van der Waals surface area (Å²) < 4.78 is 6.85. The van der Waals surface area contributed by atoms with Gasteiger partial charge < -0.3 is 4.42 Å². The second-order valence-corrected chi connectivity index (χ2v) is 12.7. The Morgan fingerprint density at radius 2 is 0.694 bits per heavy atom. The molecule has 2 aliphatic rings. The number of furan rings is 1. The average Bonchev–Trinajstić information content (AvgIpc) is 3.60. The zero-order valence-electron chi connectivity index (χ0n) is 28.1. The molecular formula is C46H36O3. The molecule has 0 atom stereocenters. The van der Waals surface area contributed by atoms with Crippen LogP contribution in [0.2, 0.25) is 0 Å². The van der Waals surface area contributed by atoms with Gasteiger partial charge in [0.2, 0.25) is 0 Å². The fraction of sp³-hybridized carbons (Fsp3) is 0.0870. The molecule has 0 fully saturated rings. The lowest BCUT2D eigenvalue weighted by Gasteiger charge is -2.17. The summed E-state index contributed by atoms with van der Waals surface area (Å²) in [7, 11) is 0. The highest BCUT2D eigenvalue weighted by molar-refractivity contribution is 6.11. The highest BCUT2D eigenvalue weighted by atomic mass is 16.3. The Balaban J connectivity index is 1.38. The Morgan fingerprint density at radius 3 is 1.02 bits per heavy atom. The van der Waals surface area contributed by atoms with E-state index >= 15 is 0 Å². The van der Waals surface area contributed by atoms with Gasteiger partial charge in [-0.3, -0.25) is 9.59 Å². The molecule has 238 valence electrons. The van der Waals surface area contributed by atoms with Gasteiger partial charge >= 0.3 is 0 Å². The quantitative estimate of drug-likeness (QED) is 0.186. The lowest BCUT2D eigenvalue weighted by Crippen LogP contribution is -2.07. The summed E-state index contributed by atoms with van der Waals surface area (Å²) in [6.45, 7) is 7.44. The molecule has 1 heterocycles. The van der Waals surface area contributed by atoms with Crippen molar-refractivity contribution >= 4 is 22.7 Å². The van der Waals surface area contributed by atoms with E-state index < -0.39 is 0 Å². The summed E-state index contributed by atoms with van der Waals surface area (Å²) in [5.41, 5.74) is 12.9. The average molecular weight is 637 g/mol. The van der Waals surface area contributed by atoms with Crippen molar-refractivity contribution in [1.29, 1.82) is 0 Å². The molecule has 0 bridgehead atoms. The molecule has 0 radical (unpaired) electrons. The number of carbonyl (C=O) groups excluding carboxylic acids is 2. The number of ketones is 2. The molecule has 0 spiro atoms. The summed E-state index contributed by atoms with van der Waals surface area (Å²) in [5.74, 6) is 1.47. The maximum absolute atomic E-state index is 12.8. The van der Waals surface area contributed by atoms with Crippen LogP contribution in [0.3, 0.4) is 0 Å². The molecule has 4 aromatic carbocycles. The number of rotatable bonds is 6. The van der Waals surface area contributed by atoms with Crippen LogP contribution in [0.15, 0.2) is 183 Å². The van der Waals surface area contributed by atoms with Crippen LogP contribution in [0.1, 0.15) is 50.3 Å². The predicted molar refractivity (Wildman–Crippen MR) is 200 cm³/mol. The summed E-state index contributed by atoms with van der Waals surface area (Å²) in [6.07, 6.45) is 7.80. The number of Topliss-reactive ketones (excluding diaryl/α,β-unsaturated/α-hetero) is 2. The van der Waals surface area contributed by atoms with Gasteiger partial charge in [-0.05, 0) is 131 Å². The smallest absolute Gasteiger partial charge is 0.184 e. The Labute approximate surface area is 287 Å². The molecule has 3 nitrogen and oxygen atoms in total. The van der Waals surface area contributed by atoms with Crippen molar-refractivity contribution in [2.24, 2.45) is 0 Å². The topological polar surface area (TPSA) is 47.3 Å². The number of carbonyl (C=O) groups is 2. The molecule has 1 aromatic heterocycles. The van der Waals surface area contributed by atoms with Gasteiger partial charge in [-0.15, -0.1) is 0 Å². The van der Waals surface area contributed by atoms with E-state index in [0.717, 1.165) is 55.7 Å². The molecule has 0 amide bonds. The zero-order valence-corrected chi connectivity index (χ0v) is 28.1. The van der Waals surface area contributed by atoms with E-state index in [9.17, 15) is 9.59 Å². The summed E-state index contributed by atoms with van der Waals surface area (Å²) in [4.78, 5) is 25.5. The van der Waals surface area contributed by atoms with E-state index in [0.29, 0.717) is 33.8 Å². The minimum Gasteiger partial charge on any atom is -0.456 e. The van der Waals surface area contributed by atoms with Crippen molar-refractivity contribution in [3.8, 4) is 22.3 Å². The maximum Gasteiger partial charge on any atom is 0.184 e. The largest absolute Gasteiger partial charge is 0.456 e. The SMILES string of the molecule is CC1=CC(=C(c2ccc(-c3ccccc3)cc2)c2ccc(C(=C3C=C(C)C(=O)C(C)=C3)c3ccc(-c4ccccc4)cc3)o2)C=C(C)C1=O. The molecule has 7 rings (SSSR count). The van der Waals surface area contributed by atoms with Crippen LogP contribution in [-0.2, 0) is 9.59 Å².